The SMILES string of the molecule is CC/C=C\C/C=C\C/C=C\C/C=C\C/C=C\C/C=C\C/C=C\C/C=C\CCCCCCCCC(=O)OCC(COC(=O)CCCCCCCCCCCCCCCCCCC)OC(=O)CCC/C=C\C/C=C\C/C=C\C/C=C\C/C=C\CC. The van der Waals surface area contributed by atoms with Gasteiger partial charge in [0.1, 0.15) is 13.2 Å². The molecule has 0 aromatic heterocycles. The predicted molar refractivity (Wildman–Crippen MR) is 362 cm³/mol. The van der Waals surface area contributed by atoms with Gasteiger partial charge in [-0.2, -0.15) is 0 Å². The molecule has 1 unspecified atom stereocenters. The highest BCUT2D eigenvalue weighted by atomic mass is 16.6. The molecule has 0 fully saturated rings. The van der Waals surface area contributed by atoms with E-state index in [0.29, 0.717) is 19.3 Å². The average molecular weight is 1150 g/mol. The molecule has 0 aliphatic heterocycles. The molecule has 0 saturated heterocycles. The summed E-state index contributed by atoms with van der Waals surface area (Å²) in [4.78, 5) is 38.4. The largest absolute Gasteiger partial charge is 0.462 e. The molecular formula is C77H124O6. The van der Waals surface area contributed by atoms with Gasteiger partial charge in [0, 0.05) is 19.3 Å². The second-order valence-corrected chi connectivity index (χ2v) is 22.0. The van der Waals surface area contributed by atoms with Gasteiger partial charge in [-0.3, -0.25) is 14.4 Å². The Balaban J connectivity index is 4.43. The first-order valence-corrected chi connectivity index (χ1v) is 34.0. The van der Waals surface area contributed by atoms with Crippen molar-refractivity contribution in [3.63, 3.8) is 0 Å². The molecule has 0 amide bonds. The number of esters is 3. The van der Waals surface area contributed by atoms with E-state index in [2.05, 4.69) is 179 Å². The van der Waals surface area contributed by atoms with Crippen LogP contribution in [0.3, 0.4) is 0 Å². The number of unbranched alkanes of at least 4 members (excludes halogenated alkanes) is 23. The molecule has 0 heterocycles. The molecule has 0 spiro atoms. The topological polar surface area (TPSA) is 78.9 Å². The summed E-state index contributed by atoms with van der Waals surface area (Å²) >= 11 is 0. The Morgan fingerprint density at radius 3 is 0.771 bits per heavy atom. The highest BCUT2D eigenvalue weighted by Crippen LogP contribution is 2.16. The Morgan fingerprint density at radius 2 is 0.482 bits per heavy atom. The van der Waals surface area contributed by atoms with Gasteiger partial charge in [0.15, 0.2) is 6.10 Å². The third-order valence-corrected chi connectivity index (χ3v) is 14.0. The highest BCUT2D eigenvalue weighted by molar-refractivity contribution is 5.71. The Kier molecular flexibility index (Phi) is 65.4. The molecular weight excluding hydrogens is 1020 g/mol. The lowest BCUT2D eigenvalue weighted by Crippen LogP contribution is -2.30. The lowest BCUT2D eigenvalue weighted by atomic mass is 10.0. The van der Waals surface area contributed by atoms with E-state index in [1.165, 1.54) is 103 Å². The summed E-state index contributed by atoms with van der Waals surface area (Å²) < 4.78 is 16.9. The molecule has 0 rings (SSSR count). The minimum atomic E-state index is -0.821. The van der Waals surface area contributed by atoms with Crippen LogP contribution in [0.25, 0.3) is 0 Å². The third kappa shape index (κ3) is 67.7. The van der Waals surface area contributed by atoms with Crippen LogP contribution in [0.5, 0.6) is 0 Å². The van der Waals surface area contributed by atoms with Crippen molar-refractivity contribution >= 4 is 17.9 Å². The van der Waals surface area contributed by atoms with Crippen molar-refractivity contribution < 1.29 is 28.6 Å². The van der Waals surface area contributed by atoms with E-state index >= 15 is 0 Å². The van der Waals surface area contributed by atoms with E-state index in [-0.39, 0.29) is 37.5 Å². The fourth-order valence-electron chi connectivity index (χ4n) is 9.02. The molecule has 0 saturated carbocycles. The first-order valence-electron chi connectivity index (χ1n) is 34.0. The molecule has 6 nitrogen and oxygen atoms in total. The first kappa shape index (κ1) is 78.0. The van der Waals surface area contributed by atoms with E-state index in [1.807, 2.05) is 0 Å². The van der Waals surface area contributed by atoms with Gasteiger partial charge in [-0.1, -0.05) is 307 Å². The first-order chi connectivity index (χ1) is 41.0. The molecule has 83 heavy (non-hydrogen) atoms. The zero-order chi connectivity index (χ0) is 59.9. The lowest BCUT2D eigenvalue weighted by Gasteiger charge is -2.18. The van der Waals surface area contributed by atoms with Gasteiger partial charge in [0.25, 0.3) is 0 Å². The number of ether oxygens (including phenoxy) is 3. The second-order valence-electron chi connectivity index (χ2n) is 22.0. The van der Waals surface area contributed by atoms with Crippen LogP contribution in [0.15, 0.2) is 158 Å². The van der Waals surface area contributed by atoms with Crippen molar-refractivity contribution in [3.8, 4) is 0 Å². The highest BCUT2D eigenvalue weighted by Gasteiger charge is 2.19. The van der Waals surface area contributed by atoms with Crippen molar-refractivity contribution in [2.45, 2.75) is 297 Å². The zero-order valence-corrected chi connectivity index (χ0v) is 53.7. The Hall–Kier alpha value is -4.97. The number of carbonyl (C=O) groups excluding carboxylic acids is 3. The van der Waals surface area contributed by atoms with Crippen LogP contribution < -0.4 is 0 Å². The number of hydrogen-bond donors (Lipinski definition) is 0. The van der Waals surface area contributed by atoms with Gasteiger partial charge in [-0.15, -0.1) is 0 Å². The predicted octanol–water partition coefficient (Wildman–Crippen LogP) is 23.7. The van der Waals surface area contributed by atoms with E-state index in [9.17, 15) is 14.4 Å². The average Bonchev–Trinajstić information content (AvgIpc) is 3.49. The van der Waals surface area contributed by atoms with Crippen molar-refractivity contribution in [1.29, 1.82) is 0 Å². The minimum Gasteiger partial charge on any atom is -0.462 e. The maximum Gasteiger partial charge on any atom is 0.306 e. The maximum atomic E-state index is 12.9. The maximum absolute atomic E-state index is 12.9. The van der Waals surface area contributed by atoms with Crippen molar-refractivity contribution in [2.75, 3.05) is 13.2 Å². The van der Waals surface area contributed by atoms with E-state index in [4.69, 9.17) is 14.2 Å². The van der Waals surface area contributed by atoms with Gasteiger partial charge in [0.2, 0.25) is 0 Å². The molecule has 6 heteroatoms. The lowest BCUT2D eigenvalue weighted by molar-refractivity contribution is -0.167. The zero-order valence-electron chi connectivity index (χ0n) is 53.7. The normalized spacial score (nSPS) is 13.1. The van der Waals surface area contributed by atoms with Gasteiger partial charge in [0.05, 0.1) is 0 Å². The standard InChI is InChI=1S/C77H124O6/c1-4-7-10-13-16-19-22-25-28-31-32-33-34-35-36-37-38-39-40-41-42-43-44-47-49-52-55-58-61-64-67-70-76(79)82-73-74(83-77(80)71-68-65-62-59-56-53-50-46-30-27-24-21-18-15-12-9-6-3)72-81-75(78)69-66-63-60-57-54-51-48-45-29-26-23-20-17-14-11-8-5-2/h7,9-10,12,16,18-19,21,25,27-28,30,32-33,35-36,38-39,41-42,44,47,50,53,59,62,74H,4-6,8,11,13-15,17,20,22-24,26,29,31,34,37,40,43,45-46,48-49,51-52,54-58,60-61,63-73H2,1-3H3/b10-7-,12-9-,19-16-,21-18-,28-25-,30-27-,33-32-,36-35-,39-38-,42-41-,47-44-,53-50-,62-59-. The molecule has 0 N–H and O–H groups in total. The van der Waals surface area contributed by atoms with Crippen molar-refractivity contribution in [1.82, 2.24) is 0 Å². The summed E-state index contributed by atoms with van der Waals surface area (Å²) in [7, 11) is 0. The van der Waals surface area contributed by atoms with E-state index in [0.717, 1.165) is 141 Å². The number of rotatable bonds is 60. The Labute approximate surface area is 511 Å². The quantitative estimate of drug-likeness (QED) is 0.0261. The van der Waals surface area contributed by atoms with Gasteiger partial charge < -0.3 is 14.2 Å². The summed E-state index contributed by atoms with van der Waals surface area (Å²) in [5, 5.41) is 0. The van der Waals surface area contributed by atoms with Gasteiger partial charge in [-0.05, 0) is 122 Å². The molecule has 468 valence electrons. The molecule has 0 bridgehead atoms. The third-order valence-electron chi connectivity index (χ3n) is 14.0. The smallest absolute Gasteiger partial charge is 0.306 e. The van der Waals surface area contributed by atoms with Crippen LogP contribution in [-0.4, -0.2) is 37.2 Å². The molecule has 0 aliphatic rings. The van der Waals surface area contributed by atoms with E-state index < -0.39 is 6.10 Å². The summed E-state index contributed by atoms with van der Waals surface area (Å²) in [6, 6.07) is 0. The van der Waals surface area contributed by atoms with E-state index in [1.54, 1.807) is 0 Å². The van der Waals surface area contributed by atoms with Crippen LogP contribution in [-0.2, 0) is 28.6 Å². The molecule has 0 aliphatic carbocycles. The summed E-state index contributed by atoms with van der Waals surface area (Å²) in [6.07, 6.45) is 101. The summed E-state index contributed by atoms with van der Waals surface area (Å²) in [5.41, 5.74) is 0. The van der Waals surface area contributed by atoms with Crippen molar-refractivity contribution in [3.05, 3.63) is 158 Å². The minimum absolute atomic E-state index is 0.109. The van der Waals surface area contributed by atoms with Crippen LogP contribution in [0, 0.1) is 0 Å². The van der Waals surface area contributed by atoms with Crippen molar-refractivity contribution in [2.24, 2.45) is 0 Å². The van der Waals surface area contributed by atoms with Crippen LogP contribution >= 0.6 is 0 Å². The monoisotopic (exact) mass is 1140 g/mol. The molecule has 0 aromatic carbocycles. The number of carbonyl (C=O) groups is 3. The molecule has 0 aromatic rings. The molecule has 1 atom stereocenters. The second kappa shape index (κ2) is 69.5. The van der Waals surface area contributed by atoms with Crippen LogP contribution in [0.4, 0.5) is 0 Å². The van der Waals surface area contributed by atoms with Gasteiger partial charge >= 0.3 is 17.9 Å². The molecule has 0 radical (unpaired) electrons. The number of hydrogen-bond acceptors (Lipinski definition) is 6. The Morgan fingerprint density at radius 1 is 0.253 bits per heavy atom. The van der Waals surface area contributed by atoms with Crippen LogP contribution in [0.1, 0.15) is 290 Å². The number of allylic oxidation sites excluding steroid dienone is 26. The Bertz CT molecular complexity index is 1840. The fourth-order valence-corrected chi connectivity index (χ4v) is 9.02. The van der Waals surface area contributed by atoms with Gasteiger partial charge in [-0.25, -0.2) is 0 Å². The van der Waals surface area contributed by atoms with Crippen LogP contribution in [0.2, 0.25) is 0 Å². The summed E-state index contributed by atoms with van der Waals surface area (Å²) in [6.45, 7) is 6.37. The summed E-state index contributed by atoms with van der Waals surface area (Å²) in [5.74, 6) is -0.980. The fraction of sp³-hybridized carbons (Fsp3) is 0.623.